The molecule has 1 N–H and O–H groups in total. The van der Waals surface area contributed by atoms with Gasteiger partial charge in [0.25, 0.3) is 0 Å². The Morgan fingerprint density at radius 3 is 1.83 bits per heavy atom. The number of hydrogen-bond donors (Lipinski definition) is 1. The van der Waals surface area contributed by atoms with Crippen LogP contribution in [-0.4, -0.2) is 19.6 Å². The van der Waals surface area contributed by atoms with E-state index in [1.165, 1.54) is 5.56 Å². The molecule has 0 fully saturated rings. The number of phenols is 1. The quantitative estimate of drug-likeness (QED) is 0.162. The van der Waals surface area contributed by atoms with Crippen molar-refractivity contribution in [1.29, 1.82) is 0 Å². The molecule has 0 atom stereocenters. The molecular formula is C61H66N3OPt-. The zero-order chi connectivity index (χ0) is 51.2. The van der Waals surface area contributed by atoms with E-state index in [0.29, 0.717) is 28.2 Å². The van der Waals surface area contributed by atoms with Crippen molar-refractivity contribution in [3.8, 4) is 67.5 Å². The van der Waals surface area contributed by atoms with Gasteiger partial charge in [-0.15, -0.1) is 29.3 Å². The number of hydrogen-bond acceptors (Lipinski definition) is 3. The largest absolute Gasteiger partial charge is 0.507 e. The number of para-hydroxylation sites is 1. The number of fused-ring (bicyclic) bond motifs is 1. The second-order valence-electron chi connectivity index (χ2n) is 22.2. The Balaban J connectivity index is 0.00000741. The average molecular weight is 1060 g/mol. The van der Waals surface area contributed by atoms with Crippen molar-refractivity contribution in [3.63, 3.8) is 0 Å². The fraction of sp³-hybridized carbons (Fsp3) is 0.311. The molecule has 5 heteroatoms. The van der Waals surface area contributed by atoms with E-state index in [2.05, 4.69) is 192 Å². The molecule has 0 amide bonds. The summed E-state index contributed by atoms with van der Waals surface area (Å²) in [7, 11) is 0. The van der Waals surface area contributed by atoms with Crippen LogP contribution >= 0.6 is 0 Å². The number of nitrogens with zero attached hydrogens (tertiary/aromatic N) is 3. The van der Waals surface area contributed by atoms with E-state index in [-0.39, 0.29) is 71.5 Å². The summed E-state index contributed by atoms with van der Waals surface area (Å²) in [5.74, 6) is 0.802. The standard InChI is InChI=1S/C61H66N3O.Pt/c1-57(2,3)45-33-42(32-43(34-45)51-35-41(30-31-62-51)39-22-17-15-18-23-39)47-26-21-27-53-54(47)63-56(49-37-46(58(4,5)6)38-50(55(49)65)59(7,8)9)64(53)52-29-28-44(61(13,14)60(10,11)12)36-48(52)40-24-19-16-20-25-40;/h15-31,33-38,65H,1-14H3;/q-1;/i15D,17D,18D,22D,23D;. The molecule has 0 radical (unpaired) electrons. The summed E-state index contributed by atoms with van der Waals surface area (Å²) in [6.07, 6.45) is 1.61. The average Bonchev–Trinajstić information content (AvgIpc) is 3.68. The second kappa shape index (κ2) is 17.6. The Hall–Kier alpha value is -5.57. The molecule has 0 saturated heterocycles. The van der Waals surface area contributed by atoms with Gasteiger partial charge < -0.3 is 5.11 Å². The van der Waals surface area contributed by atoms with Gasteiger partial charge in [0.05, 0.1) is 29.1 Å². The van der Waals surface area contributed by atoms with Crippen molar-refractivity contribution in [1.82, 2.24) is 14.5 Å². The topological polar surface area (TPSA) is 50.9 Å². The number of pyridine rings is 1. The van der Waals surface area contributed by atoms with Crippen molar-refractivity contribution in [3.05, 3.63) is 168 Å². The number of aromatic hydroxyl groups is 1. The van der Waals surface area contributed by atoms with Gasteiger partial charge in [-0.3, -0.25) is 9.55 Å². The first-order valence-corrected chi connectivity index (χ1v) is 22.7. The van der Waals surface area contributed by atoms with Gasteiger partial charge in [0, 0.05) is 44.1 Å². The van der Waals surface area contributed by atoms with Gasteiger partial charge in [0.15, 0.2) is 0 Å². The van der Waals surface area contributed by atoms with Crippen LogP contribution in [0.2, 0.25) is 0 Å². The van der Waals surface area contributed by atoms with Crippen LogP contribution in [0.3, 0.4) is 0 Å². The summed E-state index contributed by atoms with van der Waals surface area (Å²) in [6, 6.07) is 37.4. The van der Waals surface area contributed by atoms with E-state index in [4.69, 9.17) is 16.8 Å². The smallest absolute Gasteiger partial charge is 0.148 e. The molecule has 8 rings (SSSR count). The summed E-state index contributed by atoms with van der Waals surface area (Å²) in [4.78, 5) is 10.4. The second-order valence-corrected chi connectivity index (χ2v) is 22.2. The predicted octanol–water partition coefficient (Wildman–Crippen LogP) is 16.5. The summed E-state index contributed by atoms with van der Waals surface area (Å²) in [5.41, 5.74) is 11.7. The van der Waals surface area contributed by atoms with Gasteiger partial charge >= 0.3 is 0 Å². The van der Waals surface area contributed by atoms with E-state index in [9.17, 15) is 5.11 Å². The minimum Gasteiger partial charge on any atom is -0.507 e. The van der Waals surface area contributed by atoms with Crippen molar-refractivity contribution in [2.45, 2.75) is 119 Å². The summed E-state index contributed by atoms with van der Waals surface area (Å²) in [5, 5.41) is 12.6. The first-order chi connectivity index (χ1) is 32.5. The molecule has 0 unspecified atom stereocenters. The summed E-state index contributed by atoms with van der Waals surface area (Å²) < 4.78 is 44.6. The molecule has 0 spiro atoms. The van der Waals surface area contributed by atoms with E-state index >= 15 is 0 Å². The van der Waals surface area contributed by atoms with Gasteiger partial charge in [-0.1, -0.05) is 199 Å². The van der Waals surface area contributed by atoms with Crippen LogP contribution in [0.4, 0.5) is 0 Å². The molecule has 0 aliphatic rings. The molecule has 342 valence electrons. The fourth-order valence-corrected chi connectivity index (χ4v) is 8.37. The van der Waals surface area contributed by atoms with Gasteiger partial charge in [-0.25, -0.2) is 4.98 Å². The number of benzene rings is 6. The Morgan fingerprint density at radius 2 is 1.20 bits per heavy atom. The molecule has 6 aromatic carbocycles. The first-order valence-electron chi connectivity index (χ1n) is 25.2. The minimum absolute atomic E-state index is 0. The SMILES string of the molecule is [2H]c1c([2H])c([2H])c(-c2ccnc(-c3[c-]c(-c4cccc5c4nc(-c4cc(C(C)(C)C)cc(C(C)(C)C)c4O)n5-c4ccc(C(C)(C)C(C)(C)C)cc4-c4ccccc4)cc(C(C)(C)C)c3)c2)c([2H])c1[2H].[Pt]. The van der Waals surface area contributed by atoms with E-state index < -0.39 is 18.1 Å². The van der Waals surface area contributed by atoms with Crippen LogP contribution in [0.15, 0.2) is 140 Å². The molecule has 2 aromatic heterocycles. The van der Waals surface area contributed by atoms with Crippen molar-refractivity contribution < 1.29 is 33.0 Å². The maximum absolute atomic E-state index is 12.6. The third-order valence-corrected chi connectivity index (χ3v) is 13.5. The van der Waals surface area contributed by atoms with E-state index in [1.807, 2.05) is 6.07 Å². The number of imidazole rings is 1. The maximum atomic E-state index is 12.6. The van der Waals surface area contributed by atoms with Gasteiger partial charge in [-0.2, -0.15) is 0 Å². The Morgan fingerprint density at radius 1 is 0.561 bits per heavy atom. The summed E-state index contributed by atoms with van der Waals surface area (Å²) in [6.45, 7) is 30.9. The van der Waals surface area contributed by atoms with Crippen molar-refractivity contribution in [2.75, 3.05) is 0 Å². The van der Waals surface area contributed by atoms with Crippen LogP contribution in [0.5, 0.6) is 5.75 Å². The van der Waals surface area contributed by atoms with Crippen LogP contribution in [0.1, 0.15) is 126 Å². The predicted molar refractivity (Wildman–Crippen MR) is 275 cm³/mol. The minimum atomic E-state index is -0.437. The van der Waals surface area contributed by atoms with E-state index in [1.54, 1.807) is 18.3 Å². The first kappa shape index (κ1) is 41.8. The maximum Gasteiger partial charge on any atom is 0.148 e. The number of phenolic OH excluding ortho intramolecular Hbond substituents is 1. The van der Waals surface area contributed by atoms with Crippen LogP contribution in [0, 0.1) is 11.5 Å². The Labute approximate surface area is 415 Å². The third-order valence-electron chi connectivity index (χ3n) is 13.5. The molecule has 8 aromatic rings. The monoisotopic (exact) mass is 1060 g/mol. The van der Waals surface area contributed by atoms with Gasteiger partial charge in [-0.05, 0) is 85.2 Å². The molecule has 4 nitrogen and oxygen atoms in total. The number of aromatic nitrogens is 3. The van der Waals surface area contributed by atoms with Crippen molar-refractivity contribution in [2.24, 2.45) is 5.41 Å². The normalized spacial score (nSPS) is 13.7. The summed E-state index contributed by atoms with van der Waals surface area (Å²) >= 11 is 0. The van der Waals surface area contributed by atoms with Crippen LogP contribution in [0.25, 0.3) is 72.7 Å². The molecule has 0 bridgehead atoms. The number of rotatable bonds is 7. The molecule has 0 aliphatic heterocycles. The van der Waals surface area contributed by atoms with E-state index in [0.717, 1.165) is 55.7 Å². The molecular weight excluding hydrogens is 986 g/mol. The van der Waals surface area contributed by atoms with Crippen molar-refractivity contribution >= 4 is 11.0 Å². The molecule has 66 heavy (non-hydrogen) atoms. The van der Waals surface area contributed by atoms with Crippen LogP contribution in [-0.2, 0) is 42.7 Å². The Kier molecular flexibility index (Phi) is 11.1. The van der Waals surface area contributed by atoms with Crippen LogP contribution < -0.4 is 0 Å². The van der Waals surface area contributed by atoms with Gasteiger partial charge in [0.1, 0.15) is 11.6 Å². The third kappa shape index (κ3) is 9.24. The zero-order valence-electron chi connectivity index (χ0n) is 46.0. The Bertz CT molecular complexity index is 3320. The molecule has 0 aliphatic carbocycles. The zero-order valence-corrected chi connectivity index (χ0v) is 43.3. The van der Waals surface area contributed by atoms with Gasteiger partial charge in [0.2, 0.25) is 0 Å². The fourth-order valence-electron chi connectivity index (χ4n) is 8.37. The molecule has 0 saturated carbocycles. The molecule has 2 heterocycles.